The third-order valence-corrected chi connectivity index (χ3v) is 3.24. The Bertz CT molecular complexity index is 465. The van der Waals surface area contributed by atoms with Crippen LogP contribution in [0.3, 0.4) is 0 Å². The second-order valence-electron chi connectivity index (χ2n) is 5.63. The Morgan fingerprint density at radius 2 is 1.90 bits per heavy atom. The molecule has 0 fully saturated rings. The molecule has 21 heavy (non-hydrogen) atoms. The molecule has 1 unspecified atom stereocenters. The minimum atomic E-state index is -0.587. The van der Waals surface area contributed by atoms with Crippen molar-refractivity contribution in [1.29, 1.82) is 0 Å². The first-order valence-corrected chi connectivity index (χ1v) is 7.06. The fourth-order valence-electron chi connectivity index (χ4n) is 2.47. The number of rotatable bonds is 7. The molecular formula is C16H26N2O3. The summed E-state index contributed by atoms with van der Waals surface area (Å²) in [7, 11) is 3.34. The molecule has 1 aromatic carbocycles. The van der Waals surface area contributed by atoms with Crippen LogP contribution in [0.5, 0.6) is 0 Å². The summed E-state index contributed by atoms with van der Waals surface area (Å²) in [6, 6.07) is 4.10. The molecule has 0 bridgehead atoms. The quantitative estimate of drug-likeness (QED) is 0.800. The first-order valence-electron chi connectivity index (χ1n) is 7.06. The second kappa shape index (κ2) is 8.12. The third-order valence-electron chi connectivity index (χ3n) is 3.24. The maximum absolute atomic E-state index is 12.1. The number of amides is 1. The Balaban J connectivity index is 2.58. The van der Waals surface area contributed by atoms with Gasteiger partial charge in [0.1, 0.15) is 0 Å². The predicted molar refractivity (Wildman–Crippen MR) is 84.7 cm³/mol. The van der Waals surface area contributed by atoms with Crippen molar-refractivity contribution in [3.8, 4) is 0 Å². The normalized spacial score (nSPS) is 12.5. The number of nitrogens with zero attached hydrogens (tertiary/aromatic N) is 1. The smallest absolute Gasteiger partial charge is 0.238 e. The monoisotopic (exact) mass is 294 g/mol. The van der Waals surface area contributed by atoms with Crippen molar-refractivity contribution in [2.75, 3.05) is 39.2 Å². The molecule has 0 radical (unpaired) electrons. The van der Waals surface area contributed by atoms with Crippen molar-refractivity contribution in [1.82, 2.24) is 4.90 Å². The number of methoxy groups -OCH3 is 1. The summed E-state index contributed by atoms with van der Waals surface area (Å²) >= 11 is 0. The van der Waals surface area contributed by atoms with Crippen molar-refractivity contribution < 1.29 is 14.6 Å². The van der Waals surface area contributed by atoms with Crippen LogP contribution in [0.2, 0.25) is 0 Å². The Kier molecular flexibility index (Phi) is 6.81. The zero-order valence-corrected chi connectivity index (χ0v) is 13.6. The van der Waals surface area contributed by atoms with Crippen LogP contribution in [0.25, 0.3) is 0 Å². The number of hydrogen-bond donors (Lipinski definition) is 2. The van der Waals surface area contributed by atoms with E-state index in [1.54, 1.807) is 19.1 Å². The maximum Gasteiger partial charge on any atom is 0.238 e. The number of carbonyl (C=O) groups is 1. The molecule has 0 heterocycles. The fourth-order valence-corrected chi connectivity index (χ4v) is 2.47. The summed E-state index contributed by atoms with van der Waals surface area (Å²) in [5, 5.41) is 12.6. The lowest BCUT2D eigenvalue weighted by molar-refractivity contribution is -0.117. The SMILES string of the molecule is COCC(O)CN(C)CC(=O)Nc1c(C)cc(C)cc1C. The molecule has 0 saturated heterocycles. The number of nitrogens with one attached hydrogen (secondary N) is 1. The van der Waals surface area contributed by atoms with Gasteiger partial charge < -0.3 is 15.2 Å². The third kappa shape index (κ3) is 5.83. The molecule has 118 valence electrons. The zero-order chi connectivity index (χ0) is 16.0. The summed E-state index contributed by atoms with van der Waals surface area (Å²) < 4.78 is 4.87. The van der Waals surface area contributed by atoms with Gasteiger partial charge >= 0.3 is 0 Å². The summed E-state index contributed by atoms with van der Waals surface area (Å²) in [4.78, 5) is 13.9. The van der Waals surface area contributed by atoms with Crippen LogP contribution in [0, 0.1) is 20.8 Å². The molecule has 0 aromatic heterocycles. The van der Waals surface area contributed by atoms with E-state index in [-0.39, 0.29) is 19.1 Å². The first-order chi connectivity index (χ1) is 9.83. The highest BCUT2D eigenvalue weighted by Crippen LogP contribution is 2.21. The van der Waals surface area contributed by atoms with Gasteiger partial charge in [0.25, 0.3) is 0 Å². The van der Waals surface area contributed by atoms with Gasteiger partial charge in [0.15, 0.2) is 0 Å². The molecule has 1 aromatic rings. The van der Waals surface area contributed by atoms with E-state index in [1.165, 1.54) is 5.56 Å². The standard InChI is InChI=1S/C16H26N2O3/c1-11-6-12(2)16(13(3)7-11)17-15(20)9-18(4)8-14(19)10-21-5/h6-7,14,19H,8-10H2,1-5H3,(H,17,20). The van der Waals surface area contributed by atoms with Gasteiger partial charge in [0.05, 0.1) is 19.3 Å². The highest BCUT2D eigenvalue weighted by molar-refractivity contribution is 5.93. The molecule has 0 aliphatic heterocycles. The summed E-state index contributed by atoms with van der Waals surface area (Å²) in [6.45, 7) is 6.91. The molecule has 1 amide bonds. The Hall–Kier alpha value is -1.43. The summed E-state index contributed by atoms with van der Waals surface area (Å²) in [5.74, 6) is -0.0860. The van der Waals surface area contributed by atoms with Crippen LogP contribution >= 0.6 is 0 Å². The van der Waals surface area contributed by atoms with Gasteiger partial charge in [0.2, 0.25) is 5.91 Å². The van der Waals surface area contributed by atoms with Crippen molar-refractivity contribution in [2.45, 2.75) is 26.9 Å². The number of aryl methyl sites for hydroxylation is 3. The minimum absolute atomic E-state index is 0.0860. The van der Waals surface area contributed by atoms with E-state index < -0.39 is 6.10 Å². The van der Waals surface area contributed by atoms with Gasteiger partial charge in [-0.2, -0.15) is 0 Å². The molecule has 2 N–H and O–H groups in total. The van der Waals surface area contributed by atoms with Crippen molar-refractivity contribution >= 4 is 11.6 Å². The van der Waals surface area contributed by atoms with Gasteiger partial charge in [-0.1, -0.05) is 17.7 Å². The molecule has 5 nitrogen and oxygen atoms in total. The highest BCUT2D eigenvalue weighted by Gasteiger charge is 2.13. The van der Waals surface area contributed by atoms with Gasteiger partial charge in [-0.15, -0.1) is 0 Å². The number of benzene rings is 1. The van der Waals surface area contributed by atoms with Gasteiger partial charge in [-0.25, -0.2) is 0 Å². The van der Waals surface area contributed by atoms with E-state index >= 15 is 0 Å². The zero-order valence-electron chi connectivity index (χ0n) is 13.6. The Labute approximate surface area is 126 Å². The number of carbonyl (C=O) groups excluding carboxylic acids is 1. The number of likely N-dealkylation sites (N-methyl/N-ethyl adjacent to an activating group) is 1. The average Bonchev–Trinajstić information content (AvgIpc) is 2.33. The number of anilines is 1. The highest BCUT2D eigenvalue weighted by atomic mass is 16.5. The molecule has 5 heteroatoms. The van der Waals surface area contributed by atoms with Crippen LogP contribution in [0.15, 0.2) is 12.1 Å². The van der Waals surface area contributed by atoms with Crippen molar-refractivity contribution in [2.24, 2.45) is 0 Å². The molecule has 0 spiro atoms. The summed E-state index contributed by atoms with van der Waals surface area (Å²) in [6.07, 6.45) is -0.587. The maximum atomic E-state index is 12.1. The van der Waals surface area contributed by atoms with E-state index in [2.05, 4.69) is 17.4 Å². The van der Waals surface area contributed by atoms with E-state index in [9.17, 15) is 9.90 Å². The van der Waals surface area contributed by atoms with Crippen LogP contribution in [0.1, 0.15) is 16.7 Å². The number of aliphatic hydroxyl groups excluding tert-OH is 1. The lowest BCUT2D eigenvalue weighted by atomic mass is 10.1. The van der Waals surface area contributed by atoms with E-state index in [0.717, 1.165) is 16.8 Å². The van der Waals surface area contributed by atoms with Gasteiger partial charge in [-0.3, -0.25) is 9.69 Å². The lowest BCUT2D eigenvalue weighted by Gasteiger charge is -2.20. The lowest BCUT2D eigenvalue weighted by Crippen LogP contribution is -2.37. The molecule has 0 saturated carbocycles. The van der Waals surface area contributed by atoms with Crippen LogP contribution < -0.4 is 5.32 Å². The number of aliphatic hydroxyl groups is 1. The molecule has 0 aliphatic carbocycles. The van der Waals surface area contributed by atoms with Crippen LogP contribution in [0.4, 0.5) is 5.69 Å². The van der Waals surface area contributed by atoms with Crippen molar-refractivity contribution in [3.05, 3.63) is 28.8 Å². The largest absolute Gasteiger partial charge is 0.389 e. The fraction of sp³-hybridized carbons (Fsp3) is 0.562. The average molecular weight is 294 g/mol. The van der Waals surface area contributed by atoms with Crippen LogP contribution in [-0.4, -0.2) is 55.9 Å². The van der Waals surface area contributed by atoms with E-state index in [1.807, 2.05) is 20.8 Å². The topological polar surface area (TPSA) is 61.8 Å². The van der Waals surface area contributed by atoms with Gasteiger partial charge in [0, 0.05) is 19.3 Å². The Morgan fingerprint density at radius 1 is 1.33 bits per heavy atom. The number of ether oxygens (including phenoxy) is 1. The van der Waals surface area contributed by atoms with E-state index in [4.69, 9.17) is 4.74 Å². The van der Waals surface area contributed by atoms with Crippen molar-refractivity contribution in [3.63, 3.8) is 0 Å². The predicted octanol–water partition coefficient (Wildman–Crippen LogP) is 1.49. The molecule has 1 atom stereocenters. The first kappa shape index (κ1) is 17.6. The minimum Gasteiger partial charge on any atom is -0.389 e. The van der Waals surface area contributed by atoms with E-state index in [0.29, 0.717) is 6.54 Å². The number of hydrogen-bond acceptors (Lipinski definition) is 4. The molecular weight excluding hydrogens is 268 g/mol. The molecule has 1 rings (SSSR count). The molecule has 0 aliphatic rings. The second-order valence-corrected chi connectivity index (χ2v) is 5.63. The van der Waals surface area contributed by atoms with Gasteiger partial charge in [-0.05, 0) is 38.9 Å². The summed E-state index contributed by atoms with van der Waals surface area (Å²) in [5.41, 5.74) is 4.17. The Morgan fingerprint density at radius 3 is 2.43 bits per heavy atom. The van der Waals surface area contributed by atoms with Crippen LogP contribution in [-0.2, 0) is 9.53 Å².